The van der Waals surface area contributed by atoms with Gasteiger partial charge >= 0.3 is 6.09 Å². The molecule has 0 bridgehead atoms. The summed E-state index contributed by atoms with van der Waals surface area (Å²) < 4.78 is 45.3. The van der Waals surface area contributed by atoms with Crippen molar-refractivity contribution in [2.24, 2.45) is 5.92 Å². The first-order chi connectivity index (χ1) is 19.6. The van der Waals surface area contributed by atoms with Gasteiger partial charge in [-0.2, -0.15) is 4.31 Å². The lowest BCUT2D eigenvalue weighted by Crippen LogP contribution is -2.50. The Kier molecular flexibility index (Phi) is 10.0. The smallest absolute Gasteiger partial charge is 0.404 e. The minimum Gasteiger partial charge on any atom is -0.487 e. The number of hydrogen-bond acceptors (Lipinski definition) is 8. The Morgan fingerprint density at radius 2 is 1.78 bits per heavy atom. The number of rotatable bonds is 13. The van der Waals surface area contributed by atoms with E-state index in [1.165, 1.54) is 16.4 Å². The summed E-state index contributed by atoms with van der Waals surface area (Å²) in [6.07, 6.45) is -0.841. The third-order valence-corrected chi connectivity index (χ3v) is 8.20. The van der Waals surface area contributed by atoms with E-state index in [4.69, 9.17) is 14.2 Å². The number of pyridine rings is 1. The van der Waals surface area contributed by atoms with E-state index in [9.17, 15) is 23.4 Å². The quantitative estimate of drug-likeness (QED) is 0.275. The van der Waals surface area contributed by atoms with Crippen molar-refractivity contribution in [1.82, 2.24) is 14.6 Å². The largest absolute Gasteiger partial charge is 0.487 e. The van der Waals surface area contributed by atoms with Crippen LogP contribution in [-0.2, 0) is 23.1 Å². The minimum atomic E-state index is -4.05. The number of sulfonamides is 1. The van der Waals surface area contributed by atoms with Crippen molar-refractivity contribution >= 4 is 16.1 Å². The molecule has 0 spiro atoms. The molecule has 0 radical (unpaired) electrons. The number of ether oxygens (including phenoxy) is 3. The van der Waals surface area contributed by atoms with Gasteiger partial charge in [-0.15, -0.1) is 0 Å². The van der Waals surface area contributed by atoms with Gasteiger partial charge in [0.1, 0.15) is 25.6 Å². The van der Waals surface area contributed by atoms with Crippen LogP contribution in [0.4, 0.5) is 4.79 Å². The van der Waals surface area contributed by atoms with Gasteiger partial charge in [0.05, 0.1) is 22.7 Å². The SMILES string of the molecule is CC(C)CN(C[C@H](O)[C@H](Cc1ccc(OCc2ccccn2)cc1)NC(=O)O)S(=O)(=O)c1ccc2c(c1)OCCO2. The van der Waals surface area contributed by atoms with E-state index in [1.807, 2.05) is 32.0 Å². The van der Waals surface area contributed by atoms with E-state index in [0.717, 1.165) is 11.3 Å². The Hall–Kier alpha value is -3.87. The monoisotopic (exact) mass is 585 g/mol. The lowest BCUT2D eigenvalue weighted by molar-refractivity contribution is 0.0980. The number of nitrogens with zero attached hydrogens (tertiary/aromatic N) is 2. The van der Waals surface area contributed by atoms with Gasteiger partial charge < -0.3 is 29.7 Å². The zero-order valence-electron chi connectivity index (χ0n) is 23.0. The number of carbonyl (C=O) groups is 1. The van der Waals surface area contributed by atoms with E-state index < -0.39 is 28.3 Å². The van der Waals surface area contributed by atoms with Gasteiger partial charge in [-0.3, -0.25) is 4.98 Å². The number of fused-ring (bicyclic) bond motifs is 1. The molecule has 0 aliphatic carbocycles. The standard InChI is InChI=1S/C29H35N3O8S/c1-20(2)17-32(41(36,37)24-10-11-27-28(16-24)39-14-13-38-27)18-26(33)25(31-29(34)35)15-21-6-8-23(9-7-21)40-19-22-5-3-4-12-30-22/h3-12,16,20,25-26,31,33H,13-15,17-19H2,1-2H3,(H,34,35)/t25-,26-/m0/s1. The Morgan fingerprint density at radius 3 is 2.44 bits per heavy atom. The summed E-state index contributed by atoms with van der Waals surface area (Å²) in [6.45, 7) is 4.52. The molecule has 0 unspecified atom stereocenters. The van der Waals surface area contributed by atoms with Crippen LogP contribution in [0.25, 0.3) is 0 Å². The van der Waals surface area contributed by atoms with Crippen LogP contribution in [0.5, 0.6) is 17.2 Å². The van der Waals surface area contributed by atoms with Crippen molar-refractivity contribution in [3.63, 3.8) is 0 Å². The third-order valence-electron chi connectivity index (χ3n) is 6.38. The molecule has 3 N–H and O–H groups in total. The van der Waals surface area contributed by atoms with Crippen molar-refractivity contribution in [2.75, 3.05) is 26.3 Å². The highest BCUT2D eigenvalue weighted by Gasteiger charge is 2.32. The van der Waals surface area contributed by atoms with Crippen molar-refractivity contribution in [3.8, 4) is 17.2 Å². The normalized spacial score (nSPS) is 14.5. The molecule has 2 heterocycles. The Balaban J connectivity index is 1.47. The number of aliphatic hydroxyl groups excluding tert-OH is 1. The molecule has 2 aromatic carbocycles. The number of hydrogen-bond donors (Lipinski definition) is 3. The fourth-order valence-electron chi connectivity index (χ4n) is 4.41. The maximum absolute atomic E-state index is 13.7. The molecule has 0 saturated heterocycles. The molecule has 220 valence electrons. The summed E-state index contributed by atoms with van der Waals surface area (Å²) in [5, 5.41) is 23.0. The molecule has 1 aliphatic rings. The van der Waals surface area contributed by atoms with Crippen molar-refractivity contribution in [2.45, 2.75) is 43.9 Å². The molecule has 1 aliphatic heterocycles. The van der Waals surface area contributed by atoms with E-state index in [2.05, 4.69) is 10.3 Å². The molecule has 4 rings (SSSR count). The maximum atomic E-state index is 13.7. The molecule has 3 aromatic rings. The zero-order valence-corrected chi connectivity index (χ0v) is 23.8. The predicted molar refractivity (Wildman–Crippen MR) is 151 cm³/mol. The number of amides is 1. The summed E-state index contributed by atoms with van der Waals surface area (Å²) in [5.74, 6) is 1.35. The van der Waals surface area contributed by atoms with Crippen LogP contribution >= 0.6 is 0 Å². The lowest BCUT2D eigenvalue weighted by Gasteiger charge is -2.30. The number of nitrogens with one attached hydrogen (secondary N) is 1. The zero-order chi connectivity index (χ0) is 29.4. The van der Waals surface area contributed by atoms with Gasteiger partial charge in [0.15, 0.2) is 11.5 Å². The van der Waals surface area contributed by atoms with Crippen LogP contribution in [0.1, 0.15) is 25.1 Å². The highest BCUT2D eigenvalue weighted by Crippen LogP contribution is 2.33. The van der Waals surface area contributed by atoms with Crippen LogP contribution in [0.2, 0.25) is 0 Å². The van der Waals surface area contributed by atoms with Crippen LogP contribution in [0.3, 0.4) is 0 Å². The summed E-state index contributed by atoms with van der Waals surface area (Å²) in [4.78, 5) is 15.8. The topological polar surface area (TPSA) is 148 Å². The number of carboxylic acid groups (broad SMARTS) is 1. The predicted octanol–water partition coefficient (Wildman–Crippen LogP) is 3.32. The van der Waals surface area contributed by atoms with E-state index >= 15 is 0 Å². The van der Waals surface area contributed by atoms with Gasteiger partial charge in [0.2, 0.25) is 10.0 Å². The van der Waals surface area contributed by atoms with Crippen LogP contribution in [0.15, 0.2) is 71.8 Å². The van der Waals surface area contributed by atoms with E-state index in [-0.39, 0.29) is 30.3 Å². The van der Waals surface area contributed by atoms with Crippen molar-refractivity contribution < 1.29 is 37.6 Å². The summed E-state index contributed by atoms with van der Waals surface area (Å²) in [5.41, 5.74) is 1.51. The van der Waals surface area contributed by atoms with E-state index in [0.29, 0.717) is 37.1 Å². The molecule has 0 fully saturated rings. The molecule has 11 nitrogen and oxygen atoms in total. The van der Waals surface area contributed by atoms with Crippen LogP contribution in [-0.4, -0.2) is 72.5 Å². The maximum Gasteiger partial charge on any atom is 0.404 e. The highest BCUT2D eigenvalue weighted by atomic mass is 32.2. The summed E-state index contributed by atoms with van der Waals surface area (Å²) in [7, 11) is -4.05. The Bertz CT molecular complexity index is 1400. The summed E-state index contributed by atoms with van der Waals surface area (Å²) >= 11 is 0. The molecule has 2 atom stereocenters. The Morgan fingerprint density at radius 1 is 1.05 bits per heavy atom. The molecule has 12 heteroatoms. The number of aromatic nitrogens is 1. The molecular formula is C29H35N3O8S. The first-order valence-corrected chi connectivity index (χ1v) is 14.7. The molecular weight excluding hydrogens is 550 g/mol. The van der Waals surface area contributed by atoms with Crippen LogP contribution < -0.4 is 19.5 Å². The number of aliphatic hydroxyl groups is 1. The van der Waals surface area contributed by atoms with Gasteiger partial charge in [-0.1, -0.05) is 32.0 Å². The van der Waals surface area contributed by atoms with Crippen LogP contribution in [0, 0.1) is 5.92 Å². The van der Waals surface area contributed by atoms with Crippen molar-refractivity contribution in [3.05, 3.63) is 78.1 Å². The summed E-state index contributed by atoms with van der Waals surface area (Å²) in [6, 6.07) is 16.0. The van der Waals surface area contributed by atoms with Gasteiger partial charge in [0.25, 0.3) is 0 Å². The van der Waals surface area contributed by atoms with Gasteiger partial charge in [0, 0.05) is 25.4 Å². The molecule has 0 saturated carbocycles. The second-order valence-electron chi connectivity index (χ2n) is 10.1. The average Bonchev–Trinajstić information content (AvgIpc) is 2.96. The fraction of sp³-hybridized carbons (Fsp3) is 0.379. The van der Waals surface area contributed by atoms with E-state index in [1.54, 1.807) is 36.5 Å². The lowest BCUT2D eigenvalue weighted by atomic mass is 10.0. The van der Waals surface area contributed by atoms with Crippen molar-refractivity contribution in [1.29, 1.82) is 0 Å². The Labute approximate surface area is 239 Å². The first-order valence-electron chi connectivity index (χ1n) is 13.3. The van der Waals surface area contributed by atoms with Gasteiger partial charge in [-0.05, 0) is 54.3 Å². The fourth-order valence-corrected chi connectivity index (χ4v) is 6.04. The third kappa shape index (κ3) is 8.32. The second-order valence-corrected chi connectivity index (χ2v) is 12.0. The number of benzene rings is 2. The van der Waals surface area contributed by atoms with Gasteiger partial charge in [-0.25, -0.2) is 13.2 Å². The molecule has 1 amide bonds. The highest BCUT2D eigenvalue weighted by molar-refractivity contribution is 7.89. The molecule has 1 aromatic heterocycles. The second kappa shape index (κ2) is 13.7. The minimum absolute atomic E-state index is 0.00126. The average molecular weight is 586 g/mol. The first kappa shape index (κ1) is 30.1. The molecule has 41 heavy (non-hydrogen) atoms.